The van der Waals surface area contributed by atoms with Crippen molar-refractivity contribution in [1.29, 1.82) is 0 Å². The molecule has 0 radical (unpaired) electrons. The fourth-order valence-electron chi connectivity index (χ4n) is 2.60. The Balaban J connectivity index is 1.80. The summed E-state index contributed by atoms with van der Waals surface area (Å²) in [4.78, 5) is 8.37. The van der Waals surface area contributed by atoms with Crippen molar-refractivity contribution >= 4 is 17.2 Å². The van der Waals surface area contributed by atoms with E-state index in [4.69, 9.17) is 15.2 Å². The van der Waals surface area contributed by atoms with Gasteiger partial charge in [-0.25, -0.2) is 4.98 Å². The summed E-state index contributed by atoms with van der Waals surface area (Å²) in [6.07, 6.45) is 1.42. The molecular formula is C20H22N4O2. The van der Waals surface area contributed by atoms with Crippen LogP contribution in [0.5, 0.6) is 17.4 Å². The van der Waals surface area contributed by atoms with Gasteiger partial charge in [0.05, 0.1) is 6.61 Å². The summed E-state index contributed by atoms with van der Waals surface area (Å²) in [7, 11) is 0. The monoisotopic (exact) mass is 350 g/mol. The zero-order valence-electron chi connectivity index (χ0n) is 15.1. The highest BCUT2D eigenvalue weighted by atomic mass is 16.5. The highest BCUT2D eigenvalue weighted by Crippen LogP contribution is 2.32. The lowest BCUT2D eigenvalue weighted by molar-refractivity contribution is 0.340. The molecule has 6 nitrogen and oxygen atoms in total. The highest BCUT2D eigenvalue weighted by Gasteiger charge is 2.11. The number of anilines is 3. The van der Waals surface area contributed by atoms with Gasteiger partial charge in [0, 0.05) is 5.69 Å². The first-order valence-electron chi connectivity index (χ1n) is 8.41. The minimum absolute atomic E-state index is 0.318. The SMILES string of the molecule is CCOc1ccc(Nc2ncnc(Oc3cc(C)cc(C)c3)c2N)cc1. The molecule has 1 aromatic heterocycles. The molecule has 6 heteroatoms. The summed E-state index contributed by atoms with van der Waals surface area (Å²) in [5.41, 5.74) is 9.61. The molecule has 2 aromatic carbocycles. The van der Waals surface area contributed by atoms with Gasteiger partial charge < -0.3 is 20.5 Å². The normalized spacial score (nSPS) is 10.4. The first kappa shape index (κ1) is 17.5. The third-order valence-electron chi connectivity index (χ3n) is 3.69. The summed E-state index contributed by atoms with van der Waals surface area (Å²) in [5, 5.41) is 3.18. The van der Waals surface area contributed by atoms with Crippen LogP contribution in [0.25, 0.3) is 0 Å². The van der Waals surface area contributed by atoms with Crippen molar-refractivity contribution < 1.29 is 9.47 Å². The first-order chi connectivity index (χ1) is 12.5. The largest absolute Gasteiger partial charge is 0.494 e. The number of rotatable bonds is 6. The molecule has 0 fully saturated rings. The van der Waals surface area contributed by atoms with Gasteiger partial charge in [-0.3, -0.25) is 0 Å². The molecule has 1 heterocycles. The van der Waals surface area contributed by atoms with Crippen molar-refractivity contribution in [3.8, 4) is 17.4 Å². The van der Waals surface area contributed by atoms with Crippen molar-refractivity contribution in [2.24, 2.45) is 0 Å². The van der Waals surface area contributed by atoms with Crippen LogP contribution >= 0.6 is 0 Å². The van der Waals surface area contributed by atoms with Gasteiger partial charge in [0.15, 0.2) is 5.82 Å². The topological polar surface area (TPSA) is 82.3 Å². The molecule has 0 bridgehead atoms. The second-order valence-electron chi connectivity index (χ2n) is 5.95. The number of ether oxygens (including phenoxy) is 2. The van der Waals surface area contributed by atoms with E-state index in [9.17, 15) is 0 Å². The standard InChI is InChI=1S/C20H22N4O2/c1-4-25-16-7-5-15(6-8-16)24-19-18(21)20(23-12-22-19)26-17-10-13(2)9-14(3)11-17/h5-12H,4,21H2,1-3H3,(H,22,23,24). The highest BCUT2D eigenvalue weighted by molar-refractivity contribution is 5.72. The van der Waals surface area contributed by atoms with Crippen molar-refractivity contribution in [3.05, 3.63) is 59.9 Å². The number of aryl methyl sites for hydroxylation is 2. The van der Waals surface area contributed by atoms with Crippen molar-refractivity contribution in [3.63, 3.8) is 0 Å². The van der Waals surface area contributed by atoms with E-state index < -0.39 is 0 Å². The van der Waals surface area contributed by atoms with Crippen LogP contribution in [-0.2, 0) is 0 Å². The molecule has 134 valence electrons. The summed E-state index contributed by atoms with van der Waals surface area (Å²) < 4.78 is 11.3. The van der Waals surface area contributed by atoms with E-state index in [-0.39, 0.29) is 0 Å². The Morgan fingerprint density at radius 3 is 2.31 bits per heavy atom. The summed E-state index contributed by atoms with van der Waals surface area (Å²) >= 11 is 0. The average Bonchev–Trinajstić information content (AvgIpc) is 2.59. The molecule has 0 aliphatic carbocycles. The lowest BCUT2D eigenvalue weighted by Gasteiger charge is -2.13. The smallest absolute Gasteiger partial charge is 0.248 e. The van der Waals surface area contributed by atoms with Gasteiger partial charge in [-0.15, -0.1) is 0 Å². The lowest BCUT2D eigenvalue weighted by atomic mass is 10.1. The number of nitrogens with two attached hydrogens (primary N) is 1. The van der Waals surface area contributed by atoms with Crippen LogP contribution in [0.2, 0.25) is 0 Å². The van der Waals surface area contributed by atoms with Gasteiger partial charge in [-0.1, -0.05) is 6.07 Å². The molecule has 3 rings (SSSR count). The molecule has 0 amide bonds. The number of nitrogens with one attached hydrogen (secondary N) is 1. The van der Waals surface area contributed by atoms with E-state index in [2.05, 4.69) is 21.4 Å². The zero-order chi connectivity index (χ0) is 18.5. The van der Waals surface area contributed by atoms with Crippen LogP contribution in [0.4, 0.5) is 17.2 Å². The fraction of sp³-hybridized carbons (Fsp3) is 0.200. The molecule has 0 aliphatic rings. The number of hydrogen-bond acceptors (Lipinski definition) is 6. The summed E-state index contributed by atoms with van der Waals surface area (Å²) in [6.45, 7) is 6.61. The minimum atomic E-state index is 0.318. The second-order valence-corrected chi connectivity index (χ2v) is 5.95. The van der Waals surface area contributed by atoms with E-state index in [0.717, 1.165) is 22.6 Å². The Morgan fingerprint density at radius 1 is 0.962 bits per heavy atom. The summed E-state index contributed by atoms with van der Waals surface area (Å²) in [5.74, 6) is 2.31. The Kier molecular flexibility index (Phi) is 5.22. The van der Waals surface area contributed by atoms with Gasteiger partial charge in [0.25, 0.3) is 0 Å². The minimum Gasteiger partial charge on any atom is -0.494 e. The van der Waals surface area contributed by atoms with Crippen molar-refractivity contribution in [2.45, 2.75) is 20.8 Å². The van der Waals surface area contributed by atoms with Gasteiger partial charge in [-0.2, -0.15) is 4.98 Å². The molecular weight excluding hydrogens is 328 g/mol. The molecule has 3 aromatic rings. The molecule has 0 atom stereocenters. The molecule has 0 saturated carbocycles. The van der Waals surface area contributed by atoms with Crippen LogP contribution in [0.3, 0.4) is 0 Å². The molecule has 0 spiro atoms. The van der Waals surface area contributed by atoms with Gasteiger partial charge in [0.1, 0.15) is 23.5 Å². The molecule has 0 unspecified atom stereocenters. The fourth-order valence-corrected chi connectivity index (χ4v) is 2.60. The number of nitrogens with zero attached hydrogens (tertiary/aromatic N) is 2. The molecule has 3 N–H and O–H groups in total. The second kappa shape index (κ2) is 7.74. The predicted octanol–water partition coefficient (Wildman–Crippen LogP) is 4.61. The molecule has 0 aliphatic heterocycles. The number of nitrogen functional groups attached to an aromatic ring is 1. The lowest BCUT2D eigenvalue weighted by Crippen LogP contribution is -2.03. The first-order valence-corrected chi connectivity index (χ1v) is 8.41. The third kappa shape index (κ3) is 4.22. The molecule has 26 heavy (non-hydrogen) atoms. The van der Waals surface area contributed by atoms with Crippen LogP contribution in [0, 0.1) is 13.8 Å². The maximum atomic E-state index is 6.20. The van der Waals surface area contributed by atoms with Crippen LogP contribution in [-0.4, -0.2) is 16.6 Å². The van der Waals surface area contributed by atoms with Crippen LogP contribution < -0.4 is 20.5 Å². The Morgan fingerprint density at radius 2 is 1.65 bits per heavy atom. The predicted molar refractivity (Wildman–Crippen MR) is 103 cm³/mol. The number of aromatic nitrogens is 2. The molecule has 0 saturated heterocycles. The third-order valence-corrected chi connectivity index (χ3v) is 3.69. The summed E-state index contributed by atoms with van der Waals surface area (Å²) in [6, 6.07) is 13.5. The Hall–Kier alpha value is -3.28. The van der Waals surface area contributed by atoms with E-state index in [1.807, 2.05) is 57.2 Å². The van der Waals surface area contributed by atoms with Crippen molar-refractivity contribution in [2.75, 3.05) is 17.7 Å². The quantitative estimate of drug-likeness (QED) is 0.675. The van der Waals surface area contributed by atoms with E-state index >= 15 is 0 Å². The Labute approximate surface area is 153 Å². The van der Waals surface area contributed by atoms with Crippen LogP contribution in [0.1, 0.15) is 18.1 Å². The maximum Gasteiger partial charge on any atom is 0.248 e. The van der Waals surface area contributed by atoms with Crippen molar-refractivity contribution in [1.82, 2.24) is 9.97 Å². The van der Waals surface area contributed by atoms with E-state index in [1.54, 1.807) is 0 Å². The maximum absolute atomic E-state index is 6.20. The van der Waals surface area contributed by atoms with Gasteiger partial charge >= 0.3 is 0 Å². The number of benzene rings is 2. The number of hydrogen-bond donors (Lipinski definition) is 2. The Bertz CT molecular complexity index is 875. The van der Waals surface area contributed by atoms with Gasteiger partial charge in [0.2, 0.25) is 5.88 Å². The van der Waals surface area contributed by atoms with E-state index in [0.29, 0.717) is 29.7 Å². The van der Waals surface area contributed by atoms with Gasteiger partial charge in [-0.05, 0) is 68.3 Å². The van der Waals surface area contributed by atoms with E-state index in [1.165, 1.54) is 6.33 Å². The van der Waals surface area contributed by atoms with Crippen LogP contribution in [0.15, 0.2) is 48.8 Å². The average molecular weight is 350 g/mol. The zero-order valence-corrected chi connectivity index (χ0v) is 15.1.